The van der Waals surface area contributed by atoms with E-state index in [2.05, 4.69) is 22.7 Å². The van der Waals surface area contributed by atoms with Gasteiger partial charge in [-0.3, -0.25) is 8.98 Å². The summed E-state index contributed by atoms with van der Waals surface area (Å²) in [7, 11) is -3.76. The maximum Gasteiger partial charge on any atom is 0.289 e. The molecular formula is C6H9NO4S. The van der Waals surface area contributed by atoms with Crippen LogP contribution in [0, 0.1) is 0 Å². The van der Waals surface area contributed by atoms with E-state index < -0.39 is 22.6 Å². The van der Waals surface area contributed by atoms with Crippen molar-refractivity contribution in [1.82, 2.24) is 5.32 Å². The van der Waals surface area contributed by atoms with Gasteiger partial charge in [-0.05, 0) is 6.20 Å². The van der Waals surface area contributed by atoms with Gasteiger partial charge < -0.3 is 5.32 Å². The van der Waals surface area contributed by atoms with Gasteiger partial charge in [-0.1, -0.05) is 13.2 Å². The van der Waals surface area contributed by atoms with Gasteiger partial charge >= 0.3 is 0 Å². The van der Waals surface area contributed by atoms with Crippen LogP contribution in [0.2, 0.25) is 0 Å². The maximum atomic E-state index is 10.6. The molecule has 0 aliphatic rings. The van der Waals surface area contributed by atoms with Crippen LogP contribution in [0.15, 0.2) is 24.8 Å². The van der Waals surface area contributed by atoms with Crippen molar-refractivity contribution in [1.29, 1.82) is 0 Å². The average Bonchev–Trinajstić information content (AvgIpc) is 2.02. The molecule has 0 unspecified atom stereocenters. The predicted octanol–water partition coefficient (Wildman–Crippen LogP) is -0.264. The van der Waals surface area contributed by atoms with Crippen LogP contribution in [-0.2, 0) is 19.1 Å². The zero-order chi connectivity index (χ0) is 9.61. The summed E-state index contributed by atoms with van der Waals surface area (Å²) in [6.07, 6.45) is 1.13. The van der Waals surface area contributed by atoms with Crippen LogP contribution in [0.5, 0.6) is 0 Å². The minimum absolute atomic E-state index is 0.569. The lowest BCUT2D eigenvalue weighted by molar-refractivity contribution is -0.122. The highest BCUT2D eigenvalue weighted by molar-refractivity contribution is 7.89. The van der Waals surface area contributed by atoms with Gasteiger partial charge in [0.1, 0.15) is 6.61 Å². The molecule has 0 radical (unpaired) electrons. The number of rotatable bonds is 5. The van der Waals surface area contributed by atoms with Gasteiger partial charge in [0.05, 0.1) is 5.41 Å². The van der Waals surface area contributed by atoms with Gasteiger partial charge in [-0.2, -0.15) is 8.42 Å². The van der Waals surface area contributed by atoms with Crippen molar-refractivity contribution in [2.24, 2.45) is 0 Å². The van der Waals surface area contributed by atoms with Crippen LogP contribution in [0.3, 0.4) is 0 Å². The molecule has 5 nitrogen and oxygen atoms in total. The smallest absolute Gasteiger partial charge is 0.289 e. The Hall–Kier alpha value is -1.14. The van der Waals surface area contributed by atoms with Gasteiger partial charge in [0.15, 0.2) is 0 Å². The van der Waals surface area contributed by atoms with Crippen molar-refractivity contribution in [3.8, 4) is 0 Å². The Labute approximate surface area is 70.8 Å². The van der Waals surface area contributed by atoms with E-state index in [4.69, 9.17) is 0 Å². The second-order valence-electron chi connectivity index (χ2n) is 1.69. The monoisotopic (exact) mass is 191 g/mol. The predicted molar refractivity (Wildman–Crippen MR) is 43.4 cm³/mol. The van der Waals surface area contributed by atoms with E-state index >= 15 is 0 Å². The van der Waals surface area contributed by atoms with Crippen molar-refractivity contribution in [2.75, 3.05) is 6.61 Å². The van der Waals surface area contributed by atoms with Crippen LogP contribution in [0.1, 0.15) is 0 Å². The fourth-order valence-corrected chi connectivity index (χ4v) is 0.707. The molecule has 68 valence electrons. The molecule has 0 spiro atoms. The zero-order valence-corrected chi connectivity index (χ0v) is 7.13. The van der Waals surface area contributed by atoms with Crippen LogP contribution in [0.25, 0.3) is 0 Å². The Kier molecular flexibility index (Phi) is 4.24. The molecule has 0 fully saturated rings. The standard InChI is InChI=1S/C6H9NO4S/c1-3-7-6(8)5-11-12(9,10)4-2/h3-4H,1-2,5H2,(H,7,8). The molecule has 1 N–H and O–H groups in total. The van der Waals surface area contributed by atoms with Crippen LogP contribution in [-0.4, -0.2) is 20.9 Å². The van der Waals surface area contributed by atoms with Gasteiger partial charge in [0, 0.05) is 0 Å². The molecule has 0 heterocycles. The number of amides is 1. The van der Waals surface area contributed by atoms with Crippen LogP contribution < -0.4 is 5.32 Å². The molecule has 0 aliphatic carbocycles. The molecule has 0 aromatic carbocycles. The zero-order valence-electron chi connectivity index (χ0n) is 6.32. The summed E-state index contributed by atoms with van der Waals surface area (Å²) in [6.45, 7) is 5.63. The van der Waals surface area contributed by atoms with Gasteiger partial charge in [-0.15, -0.1) is 0 Å². The third kappa shape index (κ3) is 4.64. The Morgan fingerprint density at radius 1 is 1.50 bits per heavy atom. The lowest BCUT2D eigenvalue weighted by Crippen LogP contribution is -2.23. The minimum Gasteiger partial charge on any atom is -0.331 e. The first-order valence-corrected chi connectivity index (χ1v) is 4.41. The molecule has 0 saturated carbocycles. The molecule has 6 heteroatoms. The quantitative estimate of drug-likeness (QED) is 0.607. The average molecular weight is 191 g/mol. The fraction of sp³-hybridized carbons (Fsp3) is 0.167. The number of hydrogen-bond donors (Lipinski definition) is 1. The molecule has 0 saturated heterocycles. The summed E-state index contributed by atoms with van der Waals surface area (Å²) in [5, 5.41) is 2.76. The van der Waals surface area contributed by atoms with Crippen LogP contribution >= 0.6 is 0 Å². The van der Waals surface area contributed by atoms with E-state index in [0.29, 0.717) is 5.41 Å². The summed E-state index contributed by atoms with van der Waals surface area (Å²) < 4.78 is 25.3. The van der Waals surface area contributed by atoms with Crippen molar-refractivity contribution >= 4 is 16.0 Å². The maximum absolute atomic E-state index is 10.6. The molecule has 0 bridgehead atoms. The van der Waals surface area contributed by atoms with Gasteiger partial charge in [-0.25, -0.2) is 0 Å². The van der Waals surface area contributed by atoms with E-state index in [9.17, 15) is 13.2 Å². The summed E-state index contributed by atoms with van der Waals surface area (Å²) >= 11 is 0. The largest absolute Gasteiger partial charge is 0.331 e. The van der Waals surface area contributed by atoms with Crippen molar-refractivity contribution in [3.05, 3.63) is 24.8 Å². The van der Waals surface area contributed by atoms with E-state index in [1.165, 1.54) is 0 Å². The number of hydrogen-bond acceptors (Lipinski definition) is 4. The van der Waals surface area contributed by atoms with E-state index in [1.54, 1.807) is 0 Å². The van der Waals surface area contributed by atoms with Crippen molar-refractivity contribution in [2.45, 2.75) is 0 Å². The highest BCUT2D eigenvalue weighted by Gasteiger charge is 2.07. The summed E-state index contributed by atoms with van der Waals surface area (Å²) in [5.74, 6) is -0.588. The molecule has 0 aliphatic heterocycles. The normalized spacial score (nSPS) is 10.3. The molecule has 12 heavy (non-hydrogen) atoms. The Morgan fingerprint density at radius 2 is 2.08 bits per heavy atom. The van der Waals surface area contributed by atoms with E-state index in [1.807, 2.05) is 0 Å². The topological polar surface area (TPSA) is 72.5 Å². The highest BCUT2D eigenvalue weighted by atomic mass is 32.2. The second kappa shape index (κ2) is 4.68. The summed E-state index contributed by atoms with van der Waals surface area (Å²) in [5.41, 5.74) is 0. The molecule has 0 aromatic rings. The number of carbonyl (C=O) groups excluding carboxylic acids is 1. The first-order chi connectivity index (χ1) is 5.52. The Bertz CT molecular complexity index is 280. The SMILES string of the molecule is C=CNC(=O)COS(=O)(=O)C=C. The fourth-order valence-electron chi connectivity index (χ4n) is 0.339. The third-order valence-electron chi connectivity index (χ3n) is 0.821. The molecule has 0 rings (SSSR count). The minimum atomic E-state index is -3.76. The highest BCUT2D eigenvalue weighted by Crippen LogP contribution is 1.92. The Balaban J connectivity index is 3.92. The second-order valence-corrected chi connectivity index (χ2v) is 3.25. The Morgan fingerprint density at radius 3 is 2.50 bits per heavy atom. The molecular weight excluding hydrogens is 182 g/mol. The van der Waals surface area contributed by atoms with E-state index in [-0.39, 0.29) is 0 Å². The lowest BCUT2D eigenvalue weighted by atomic mass is 10.6. The third-order valence-corrected chi connectivity index (χ3v) is 1.68. The molecule has 0 aromatic heterocycles. The number of carbonyl (C=O) groups is 1. The lowest BCUT2D eigenvalue weighted by Gasteiger charge is -1.99. The van der Waals surface area contributed by atoms with E-state index in [0.717, 1.165) is 6.20 Å². The summed E-state index contributed by atoms with van der Waals surface area (Å²) in [6, 6.07) is 0. The first-order valence-electron chi connectivity index (χ1n) is 2.94. The van der Waals surface area contributed by atoms with Crippen molar-refractivity contribution < 1.29 is 17.4 Å². The molecule has 0 atom stereocenters. The van der Waals surface area contributed by atoms with Crippen LogP contribution in [0.4, 0.5) is 0 Å². The molecule has 1 amide bonds. The van der Waals surface area contributed by atoms with Gasteiger partial charge in [0.25, 0.3) is 16.0 Å². The summed E-state index contributed by atoms with van der Waals surface area (Å²) in [4.78, 5) is 10.6. The first kappa shape index (κ1) is 10.9. The van der Waals surface area contributed by atoms with Crippen molar-refractivity contribution in [3.63, 3.8) is 0 Å². The number of nitrogens with one attached hydrogen (secondary N) is 1. The van der Waals surface area contributed by atoms with Gasteiger partial charge in [0.2, 0.25) is 0 Å².